The van der Waals surface area contributed by atoms with Gasteiger partial charge in [-0.1, -0.05) is 0 Å². The summed E-state index contributed by atoms with van der Waals surface area (Å²) in [5.41, 5.74) is 0.418. The highest BCUT2D eigenvalue weighted by Crippen LogP contribution is 2.34. The van der Waals surface area contributed by atoms with Gasteiger partial charge in [-0.25, -0.2) is 13.2 Å². The highest BCUT2D eigenvalue weighted by molar-refractivity contribution is 7.93. The summed E-state index contributed by atoms with van der Waals surface area (Å²) in [5.74, 6) is -0.315. The number of aromatic nitrogens is 2. The SMILES string of the molecule is CC1C(O)CS(=O)(=O)N1c1cnn2c1CN(C(=O)OC(C)(C)C)[C@@H](C)C2. The molecule has 0 spiro atoms. The first-order valence-electron chi connectivity index (χ1n) is 8.65. The lowest BCUT2D eigenvalue weighted by Gasteiger charge is -2.36. The van der Waals surface area contributed by atoms with E-state index in [1.54, 1.807) is 37.3 Å². The van der Waals surface area contributed by atoms with Crippen LogP contribution in [0, 0.1) is 0 Å². The summed E-state index contributed by atoms with van der Waals surface area (Å²) in [5, 5.41) is 14.3. The number of fused-ring (bicyclic) bond motifs is 1. The number of hydrogen-bond donors (Lipinski definition) is 1. The molecule has 1 aromatic rings. The normalized spacial score (nSPS) is 28.2. The Labute approximate surface area is 153 Å². The topological polar surface area (TPSA) is 105 Å². The first-order chi connectivity index (χ1) is 11.9. The Hall–Kier alpha value is -1.81. The van der Waals surface area contributed by atoms with Crippen LogP contribution < -0.4 is 4.31 Å². The van der Waals surface area contributed by atoms with Crippen LogP contribution in [0.4, 0.5) is 10.5 Å². The van der Waals surface area contributed by atoms with Crippen molar-refractivity contribution < 1.29 is 23.1 Å². The summed E-state index contributed by atoms with van der Waals surface area (Å²) in [6, 6.07) is -0.716. The number of carbonyl (C=O) groups excluding carboxylic acids is 1. The Morgan fingerprint density at radius 2 is 2.00 bits per heavy atom. The Bertz CT molecular complexity index is 813. The van der Waals surface area contributed by atoms with E-state index in [-0.39, 0.29) is 18.3 Å². The average molecular weight is 386 g/mol. The van der Waals surface area contributed by atoms with Gasteiger partial charge in [-0.2, -0.15) is 5.10 Å². The number of nitrogens with zero attached hydrogens (tertiary/aromatic N) is 4. The van der Waals surface area contributed by atoms with Crippen LogP contribution in [-0.4, -0.2) is 63.8 Å². The van der Waals surface area contributed by atoms with E-state index in [1.165, 1.54) is 10.5 Å². The number of hydrogen-bond acceptors (Lipinski definition) is 6. The van der Waals surface area contributed by atoms with Gasteiger partial charge in [0.2, 0.25) is 10.0 Å². The molecule has 1 fully saturated rings. The monoisotopic (exact) mass is 386 g/mol. The van der Waals surface area contributed by atoms with E-state index in [1.807, 2.05) is 6.92 Å². The number of ether oxygens (including phenoxy) is 1. The minimum atomic E-state index is -3.63. The summed E-state index contributed by atoms with van der Waals surface area (Å²) >= 11 is 0. The van der Waals surface area contributed by atoms with Crippen LogP contribution in [0.3, 0.4) is 0 Å². The standard InChI is InChI=1S/C16H26N4O5S/c1-10-7-19-13(8-18(10)15(22)25-16(3,4)5)12(6-17-19)20-11(2)14(21)9-26(20,23)24/h6,10-11,14,21H,7-9H2,1-5H3/t10-,11?,14?/m0/s1. The zero-order valence-electron chi connectivity index (χ0n) is 15.7. The fourth-order valence-electron chi connectivity index (χ4n) is 3.35. The molecule has 2 aliphatic rings. The van der Waals surface area contributed by atoms with Crippen LogP contribution in [-0.2, 0) is 27.8 Å². The third-order valence-electron chi connectivity index (χ3n) is 4.69. The lowest BCUT2D eigenvalue weighted by molar-refractivity contribution is 0.00912. The molecular formula is C16H26N4O5S. The lowest BCUT2D eigenvalue weighted by Crippen LogP contribution is -2.47. The highest BCUT2D eigenvalue weighted by Gasteiger charge is 2.44. The van der Waals surface area contributed by atoms with Crippen LogP contribution >= 0.6 is 0 Å². The molecule has 2 aliphatic heterocycles. The zero-order valence-corrected chi connectivity index (χ0v) is 16.5. The largest absolute Gasteiger partial charge is 0.444 e. The second kappa shape index (κ2) is 6.12. The molecule has 2 unspecified atom stereocenters. The molecule has 3 atom stereocenters. The minimum Gasteiger partial charge on any atom is -0.444 e. The van der Waals surface area contributed by atoms with Crippen molar-refractivity contribution >= 4 is 21.8 Å². The van der Waals surface area contributed by atoms with Gasteiger partial charge < -0.3 is 9.84 Å². The zero-order chi connectivity index (χ0) is 19.4. The average Bonchev–Trinajstić information content (AvgIpc) is 2.94. The third kappa shape index (κ3) is 3.27. The third-order valence-corrected chi connectivity index (χ3v) is 6.58. The molecular weight excluding hydrogens is 360 g/mol. The molecule has 1 aromatic heterocycles. The Morgan fingerprint density at radius 1 is 1.35 bits per heavy atom. The van der Waals surface area contributed by atoms with Gasteiger partial charge in [0.05, 0.1) is 54.6 Å². The Balaban J connectivity index is 1.93. The molecule has 3 heterocycles. The molecule has 0 aromatic carbocycles. The summed E-state index contributed by atoms with van der Waals surface area (Å²) in [6.07, 6.45) is 0.0907. The van der Waals surface area contributed by atoms with Crippen LogP contribution in [0.2, 0.25) is 0 Å². The van der Waals surface area contributed by atoms with Gasteiger partial charge in [0.25, 0.3) is 0 Å². The number of rotatable bonds is 1. The van der Waals surface area contributed by atoms with Crippen molar-refractivity contribution in [3.63, 3.8) is 0 Å². The summed E-state index contributed by atoms with van der Waals surface area (Å²) in [7, 11) is -3.63. The number of anilines is 1. The van der Waals surface area contributed by atoms with Gasteiger partial charge in [0.15, 0.2) is 0 Å². The summed E-state index contributed by atoms with van der Waals surface area (Å²) in [4.78, 5) is 14.1. The fourth-order valence-corrected chi connectivity index (χ4v) is 5.32. The number of carbonyl (C=O) groups is 1. The Kier molecular flexibility index (Phi) is 4.47. The van der Waals surface area contributed by atoms with Crippen LogP contribution in [0.1, 0.15) is 40.3 Å². The summed E-state index contributed by atoms with van der Waals surface area (Å²) in [6.45, 7) is 9.60. The van der Waals surface area contributed by atoms with Crippen molar-refractivity contribution in [2.45, 2.75) is 71.5 Å². The number of aliphatic hydroxyl groups is 1. The minimum absolute atomic E-state index is 0.136. The first-order valence-corrected chi connectivity index (χ1v) is 10.3. The van der Waals surface area contributed by atoms with E-state index >= 15 is 0 Å². The van der Waals surface area contributed by atoms with E-state index in [2.05, 4.69) is 5.10 Å². The molecule has 10 heteroatoms. The van der Waals surface area contributed by atoms with Crippen molar-refractivity contribution in [3.8, 4) is 0 Å². The maximum absolute atomic E-state index is 12.5. The number of amides is 1. The second-order valence-corrected chi connectivity index (χ2v) is 9.89. The molecule has 0 aliphatic carbocycles. The second-order valence-electron chi connectivity index (χ2n) is 8.00. The number of aliphatic hydroxyl groups excluding tert-OH is 1. The van der Waals surface area contributed by atoms with E-state index < -0.39 is 33.9 Å². The highest BCUT2D eigenvalue weighted by atomic mass is 32.2. The van der Waals surface area contributed by atoms with Gasteiger partial charge in [-0.15, -0.1) is 0 Å². The molecule has 0 radical (unpaired) electrons. The fraction of sp³-hybridized carbons (Fsp3) is 0.750. The van der Waals surface area contributed by atoms with Crippen molar-refractivity contribution in [1.29, 1.82) is 0 Å². The van der Waals surface area contributed by atoms with E-state index in [9.17, 15) is 18.3 Å². The predicted octanol–water partition coefficient (Wildman–Crippen LogP) is 0.921. The molecule has 9 nitrogen and oxygen atoms in total. The molecule has 1 amide bonds. The molecule has 1 saturated heterocycles. The van der Waals surface area contributed by atoms with Gasteiger partial charge >= 0.3 is 6.09 Å². The molecule has 0 saturated carbocycles. The van der Waals surface area contributed by atoms with E-state index in [0.29, 0.717) is 17.9 Å². The molecule has 0 bridgehead atoms. The van der Waals surface area contributed by atoms with Gasteiger partial charge in [0, 0.05) is 0 Å². The summed E-state index contributed by atoms with van der Waals surface area (Å²) < 4.78 is 33.3. The molecule has 1 N–H and O–H groups in total. The predicted molar refractivity (Wildman–Crippen MR) is 95.2 cm³/mol. The quantitative estimate of drug-likeness (QED) is 0.770. The molecule has 26 heavy (non-hydrogen) atoms. The van der Waals surface area contributed by atoms with Crippen molar-refractivity contribution in [1.82, 2.24) is 14.7 Å². The van der Waals surface area contributed by atoms with Crippen molar-refractivity contribution in [3.05, 3.63) is 11.9 Å². The maximum atomic E-state index is 12.5. The van der Waals surface area contributed by atoms with Gasteiger partial charge in [-0.3, -0.25) is 13.9 Å². The van der Waals surface area contributed by atoms with Crippen LogP contribution in [0.25, 0.3) is 0 Å². The maximum Gasteiger partial charge on any atom is 0.410 e. The van der Waals surface area contributed by atoms with Crippen LogP contribution in [0.5, 0.6) is 0 Å². The van der Waals surface area contributed by atoms with E-state index in [0.717, 1.165) is 0 Å². The van der Waals surface area contributed by atoms with Crippen LogP contribution in [0.15, 0.2) is 6.20 Å². The van der Waals surface area contributed by atoms with Gasteiger partial charge in [-0.05, 0) is 34.6 Å². The smallest absolute Gasteiger partial charge is 0.410 e. The van der Waals surface area contributed by atoms with Crippen molar-refractivity contribution in [2.24, 2.45) is 0 Å². The first kappa shape index (κ1) is 19.0. The Morgan fingerprint density at radius 3 is 2.54 bits per heavy atom. The van der Waals surface area contributed by atoms with Crippen molar-refractivity contribution in [2.75, 3.05) is 10.1 Å². The van der Waals surface area contributed by atoms with Gasteiger partial charge in [0.1, 0.15) is 5.60 Å². The lowest BCUT2D eigenvalue weighted by atomic mass is 10.1. The van der Waals surface area contributed by atoms with E-state index in [4.69, 9.17) is 4.74 Å². The molecule has 3 rings (SSSR count). The number of sulfonamides is 1. The molecule has 146 valence electrons.